The largest absolute Gasteiger partial charge is 0.504 e. The zero-order valence-corrected chi connectivity index (χ0v) is 18.1. The van der Waals surface area contributed by atoms with Gasteiger partial charge in [0.15, 0.2) is 16.6 Å². The number of carboxylic acid groups (broad SMARTS) is 1. The topological polar surface area (TPSA) is 112 Å². The van der Waals surface area contributed by atoms with Gasteiger partial charge in [0.1, 0.15) is 5.69 Å². The van der Waals surface area contributed by atoms with Gasteiger partial charge in [0.2, 0.25) is 0 Å². The van der Waals surface area contributed by atoms with E-state index in [1.165, 1.54) is 41.1 Å². The van der Waals surface area contributed by atoms with Gasteiger partial charge >= 0.3 is 12.1 Å². The molecule has 0 radical (unpaired) electrons. The SMILES string of the molecule is C/C(=N\NC(=S)Nc1ccc(C(=O)O)cc1)c1nn(C)c(-c2ccc(C(F)(F)F)cc2)c1O. The van der Waals surface area contributed by atoms with Crippen molar-refractivity contribution >= 4 is 34.7 Å². The third-order valence-corrected chi connectivity index (χ3v) is 4.76. The Kier molecular flexibility index (Phi) is 6.68. The average molecular weight is 477 g/mol. The van der Waals surface area contributed by atoms with Crippen molar-refractivity contribution in [2.75, 3.05) is 5.32 Å². The number of rotatable bonds is 5. The Morgan fingerprint density at radius 1 is 1.12 bits per heavy atom. The summed E-state index contributed by atoms with van der Waals surface area (Å²) in [5, 5.41) is 30.8. The van der Waals surface area contributed by atoms with Crippen LogP contribution in [0.4, 0.5) is 18.9 Å². The van der Waals surface area contributed by atoms with Crippen LogP contribution >= 0.6 is 12.2 Å². The number of aromatic nitrogens is 2. The van der Waals surface area contributed by atoms with Crippen LogP contribution in [0.5, 0.6) is 5.75 Å². The van der Waals surface area contributed by atoms with Crippen LogP contribution in [0.2, 0.25) is 0 Å². The Labute approximate surface area is 191 Å². The molecular formula is C21H18F3N5O3S. The van der Waals surface area contributed by atoms with Crippen LogP contribution < -0.4 is 10.7 Å². The first-order chi connectivity index (χ1) is 15.5. The number of alkyl halides is 3. The first kappa shape index (κ1) is 23.7. The predicted octanol–water partition coefficient (Wildman–Crippen LogP) is 4.22. The molecule has 0 atom stereocenters. The number of aromatic carboxylic acids is 1. The van der Waals surface area contributed by atoms with Gasteiger partial charge in [-0.25, -0.2) is 4.79 Å². The molecular weight excluding hydrogens is 459 g/mol. The third kappa shape index (κ3) is 5.47. The van der Waals surface area contributed by atoms with Crippen LogP contribution in [-0.2, 0) is 13.2 Å². The van der Waals surface area contributed by atoms with Gasteiger partial charge in [0.05, 0.1) is 16.8 Å². The number of nitrogens with zero attached hydrogens (tertiary/aromatic N) is 3. The number of aryl methyl sites for hydroxylation is 1. The van der Waals surface area contributed by atoms with Crippen molar-refractivity contribution in [3.05, 3.63) is 65.4 Å². The molecule has 0 saturated heterocycles. The number of hydrogen-bond donors (Lipinski definition) is 4. The summed E-state index contributed by atoms with van der Waals surface area (Å²) >= 11 is 5.15. The number of halogens is 3. The molecule has 0 spiro atoms. The molecule has 172 valence electrons. The van der Waals surface area contributed by atoms with Crippen molar-refractivity contribution in [2.45, 2.75) is 13.1 Å². The molecule has 1 aromatic heterocycles. The van der Waals surface area contributed by atoms with Gasteiger partial charge in [0.25, 0.3) is 0 Å². The van der Waals surface area contributed by atoms with E-state index in [4.69, 9.17) is 17.3 Å². The fourth-order valence-corrected chi connectivity index (χ4v) is 3.10. The fraction of sp³-hybridized carbons (Fsp3) is 0.143. The van der Waals surface area contributed by atoms with Gasteiger partial charge in [-0.3, -0.25) is 10.1 Å². The summed E-state index contributed by atoms with van der Waals surface area (Å²) in [6.07, 6.45) is -4.46. The number of benzene rings is 2. The lowest BCUT2D eigenvalue weighted by atomic mass is 10.1. The van der Waals surface area contributed by atoms with Crippen LogP contribution in [-0.4, -0.2) is 36.8 Å². The number of hydrogen-bond acceptors (Lipinski definition) is 5. The molecule has 0 fully saturated rings. The summed E-state index contributed by atoms with van der Waals surface area (Å²) in [5.74, 6) is -1.29. The second-order valence-electron chi connectivity index (χ2n) is 6.89. The molecule has 0 bridgehead atoms. The number of aromatic hydroxyl groups is 1. The maximum absolute atomic E-state index is 12.8. The van der Waals surface area contributed by atoms with Gasteiger partial charge in [-0.15, -0.1) is 0 Å². The summed E-state index contributed by atoms with van der Waals surface area (Å²) in [4.78, 5) is 10.9. The van der Waals surface area contributed by atoms with Crippen LogP contribution in [0.1, 0.15) is 28.5 Å². The lowest BCUT2D eigenvalue weighted by Gasteiger charge is -2.08. The van der Waals surface area contributed by atoms with E-state index < -0.39 is 17.7 Å². The summed E-state index contributed by atoms with van der Waals surface area (Å²) in [7, 11) is 1.55. The molecule has 3 rings (SSSR count). The molecule has 4 N–H and O–H groups in total. The zero-order chi connectivity index (χ0) is 24.3. The number of nitrogens with one attached hydrogen (secondary N) is 2. The first-order valence-corrected chi connectivity index (χ1v) is 9.77. The molecule has 2 aromatic carbocycles. The van der Waals surface area contributed by atoms with Crippen LogP contribution in [0, 0.1) is 0 Å². The van der Waals surface area contributed by atoms with Crippen LogP contribution in [0.15, 0.2) is 53.6 Å². The van der Waals surface area contributed by atoms with Gasteiger partial charge < -0.3 is 15.5 Å². The van der Waals surface area contributed by atoms with Crippen molar-refractivity contribution in [1.82, 2.24) is 15.2 Å². The second kappa shape index (κ2) is 9.28. The quantitative estimate of drug-likeness (QED) is 0.247. The van der Waals surface area contributed by atoms with Crippen molar-refractivity contribution in [2.24, 2.45) is 12.1 Å². The zero-order valence-electron chi connectivity index (χ0n) is 17.3. The smallest absolute Gasteiger partial charge is 0.416 e. The lowest BCUT2D eigenvalue weighted by molar-refractivity contribution is -0.137. The van der Waals surface area contributed by atoms with E-state index in [2.05, 4.69) is 20.9 Å². The highest BCUT2D eigenvalue weighted by Crippen LogP contribution is 2.35. The van der Waals surface area contributed by atoms with Crippen molar-refractivity contribution in [3.63, 3.8) is 0 Å². The molecule has 0 aliphatic carbocycles. The van der Waals surface area contributed by atoms with Crippen LogP contribution in [0.3, 0.4) is 0 Å². The first-order valence-electron chi connectivity index (χ1n) is 9.36. The minimum atomic E-state index is -4.46. The highest BCUT2D eigenvalue weighted by Gasteiger charge is 2.30. The number of hydrazone groups is 1. The molecule has 1 heterocycles. The maximum atomic E-state index is 12.8. The minimum Gasteiger partial charge on any atom is -0.504 e. The molecule has 0 aliphatic rings. The molecule has 8 nitrogen and oxygen atoms in total. The van der Waals surface area contributed by atoms with Crippen molar-refractivity contribution in [1.29, 1.82) is 0 Å². The summed E-state index contributed by atoms with van der Waals surface area (Å²) in [6, 6.07) is 10.3. The lowest BCUT2D eigenvalue weighted by Crippen LogP contribution is -2.25. The Morgan fingerprint density at radius 2 is 1.73 bits per heavy atom. The molecule has 0 unspecified atom stereocenters. The van der Waals surface area contributed by atoms with Gasteiger partial charge in [0, 0.05) is 18.3 Å². The Balaban J connectivity index is 1.74. The summed E-state index contributed by atoms with van der Waals surface area (Å²) in [6.45, 7) is 1.57. The van der Waals surface area contributed by atoms with Crippen molar-refractivity contribution in [3.8, 4) is 17.0 Å². The van der Waals surface area contributed by atoms with E-state index in [0.717, 1.165) is 12.1 Å². The third-order valence-electron chi connectivity index (χ3n) is 4.57. The van der Waals surface area contributed by atoms with Gasteiger partial charge in [-0.05, 0) is 55.5 Å². The monoisotopic (exact) mass is 477 g/mol. The summed E-state index contributed by atoms with van der Waals surface area (Å²) < 4.78 is 39.7. The normalized spacial score (nSPS) is 11.8. The number of thiocarbonyl (C=S) groups is 1. The average Bonchev–Trinajstić information content (AvgIpc) is 3.06. The summed E-state index contributed by atoms with van der Waals surface area (Å²) in [5.41, 5.74) is 3.43. The van der Waals surface area contributed by atoms with Gasteiger partial charge in [-0.2, -0.15) is 23.4 Å². The van der Waals surface area contributed by atoms with E-state index in [1.807, 2.05) is 0 Å². The minimum absolute atomic E-state index is 0.107. The maximum Gasteiger partial charge on any atom is 0.416 e. The highest BCUT2D eigenvalue weighted by molar-refractivity contribution is 7.80. The van der Waals surface area contributed by atoms with Gasteiger partial charge in [-0.1, -0.05) is 12.1 Å². The molecule has 33 heavy (non-hydrogen) atoms. The second-order valence-corrected chi connectivity index (χ2v) is 7.30. The molecule has 0 saturated carbocycles. The molecule has 12 heteroatoms. The fourth-order valence-electron chi connectivity index (χ4n) is 2.94. The van der Waals surface area contributed by atoms with Crippen LogP contribution in [0.25, 0.3) is 11.3 Å². The van der Waals surface area contributed by atoms with E-state index in [0.29, 0.717) is 11.3 Å². The highest BCUT2D eigenvalue weighted by atomic mass is 32.1. The van der Waals surface area contributed by atoms with E-state index in [9.17, 15) is 23.1 Å². The predicted molar refractivity (Wildman–Crippen MR) is 120 cm³/mol. The number of anilines is 1. The van der Waals surface area contributed by atoms with E-state index >= 15 is 0 Å². The van der Waals surface area contributed by atoms with E-state index in [-0.39, 0.29) is 33.5 Å². The van der Waals surface area contributed by atoms with Crippen molar-refractivity contribution < 1.29 is 28.2 Å². The molecule has 0 amide bonds. The molecule has 3 aromatic rings. The Hall–Kier alpha value is -3.93. The number of carboxylic acids is 1. The molecule has 0 aliphatic heterocycles. The Morgan fingerprint density at radius 3 is 2.27 bits per heavy atom. The van der Waals surface area contributed by atoms with E-state index in [1.54, 1.807) is 14.0 Å². The Bertz CT molecular complexity index is 1220. The standard InChI is InChI=1S/C21H18F3N5O3S/c1-11(26-27-20(33)25-15-9-5-13(6-10-15)19(31)32)16-18(30)17(29(2)28-16)12-3-7-14(8-4-12)21(22,23)24/h3-10,30H,1-2H3,(H,31,32)(H2,25,27,33)/b26-11+. The number of carbonyl (C=O) groups is 1.